The lowest BCUT2D eigenvalue weighted by atomic mass is 9.90. The van der Waals surface area contributed by atoms with Crippen LogP contribution in [0.3, 0.4) is 0 Å². The van der Waals surface area contributed by atoms with Gasteiger partial charge in [-0.3, -0.25) is 0 Å². The molecule has 0 aliphatic heterocycles. The molecule has 0 unspecified atom stereocenters. The fourth-order valence-electron chi connectivity index (χ4n) is 2.20. The Balaban J connectivity index is 2.20. The Morgan fingerprint density at radius 3 is 2.76 bits per heavy atom. The van der Waals surface area contributed by atoms with Crippen molar-refractivity contribution in [2.45, 2.75) is 31.7 Å². The molecule has 0 bridgehead atoms. The molecule has 1 aliphatic carbocycles. The molecular weight excluding hydrogens is 280 g/mol. The molecule has 0 heterocycles. The van der Waals surface area contributed by atoms with E-state index < -0.39 is 0 Å². The first-order valence-electron chi connectivity index (χ1n) is 6.15. The van der Waals surface area contributed by atoms with Gasteiger partial charge in [0.1, 0.15) is 0 Å². The summed E-state index contributed by atoms with van der Waals surface area (Å²) >= 11 is 3.49. The third-order valence-corrected chi connectivity index (χ3v) is 3.87. The lowest BCUT2D eigenvalue weighted by Gasteiger charge is -2.40. The molecule has 1 fully saturated rings. The molecule has 0 atom stereocenters. The van der Waals surface area contributed by atoms with Crippen LogP contribution in [0.4, 0.5) is 11.4 Å². The summed E-state index contributed by atoms with van der Waals surface area (Å²) in [4.78, 5) is 2.35. The van der Waals surface area contributed by atoms with Gasteiger partial charge in [0, 0.05) is 23.7 Å². The zero-order valence-corrected chi connectivity index (χ0v) is 11.5. The van der Waals surface area contributed by atoms with E-state index in [0.29, 0.717) is 6.04 Å². The summed E-state index contributed by atoms with van der Waals surface area (Å²) in [5.74, 6) is 0. The van der Waals surface area contributed by atoms with E-state index in [1.165, 1.54) is 19.3 Å². The molecule has 17 heavy (non-hydrogen) atoms. The lowest BCUT2D eigenvalue weighted by molar-refractivity contribution is 0.283. The molecule has 2 rings (SSSR count). The van der Waals surface area contributed by atoms with E-state index in [1.807, 2.05) is 12.1 Å². The molecule has 0 amide bonds. The Morgan fingerprint density at radius 1 is 1.41 bits per heavy atom. The average Bonchev–Trinajstić information content (AvgIpc) is 2.25. The molecule has 0 saturated heterocycles. The highest BCUT2D eigenvalue weighted by Crippen LogP contribution is 2.34. The third kappa shape index (κ3) is 2.93. The summed E-state index contributed by atoms with van der Waals surface area (Å²) in [6.45, 7) is 1.11. The summed E-state index contributed by atoms with van der Waals surface area (Å²) in [5.41, 5.74) is 7.97. The molecule has 0 radical (unpaired) electrons. The van der Waals surface area contributed by atoms with Crippen molar-refractivity contribution < 1.29 is 5.11 Å². The van der Waals surface area contributed by atoms with E-state index in [-0.39, 0.29) is 6.61 Å². The fourth-order valence-corrected chi connectivity index (χ4v) is 2.55. The Kier molecular flexibility index (Phi) is 4.29. The van der Waals surface area contributed by atoms with Gasteiger partial charge in [-0.25, -0.2) is 0 Å². The summed E-state index contributed by atoms with van der Waals surface area (Å²) in [5, 5.41) is 8.99. The molecule has 1 aromatic carbocycles. The van der Waals surface area contributed by atoms with E-state index in [4.69, 9.17) is 10.8 Å². The van der Waals surface area contributed by atoms with Crippen LogP contribution >= 0.6 is 15.9 Å². The van der Waals surface area contributed by atoms with E-state index >= 15 is 0 Å². The van der Waals surface area contributed by atoms with Crippen LogP contribution in [0.1, 0.15) is 25.7 Å². The van der Waals surface area contributed by atoms with Crippen molar-refractivity contribution in [3.8, 4) is 0 Å². The van der Waals surface area contributed by atoms with Crippen molar-refractivity contribution in [3.63, 3.8) is 0 Å². The molecule has 4 heteroatoms. The van der Waals surface area contributed by atoms with Crippen LogP contribution in [0.25, 0.3) is 0 Å². The molecule has 94 valence electrons. The van der Waals surface area contributed by atoms with Crippen LogP contribution in [-0.2, 0) is 0 Å². The van der Waals surface area contributed by atoms with Gasteiger partial charge < -0.3 is 15.7 Å². The standard InChI is InChI=1S/C13H19BrN2O/c14-10-5-6-12(15)13(9-10)16(7-2-8-17)11-3-1-4-11/h5-6,9,11,17H,1-4,7-8,15H2. The van der Waals surface area contributed by atoms with Crippen LogP contribution in [0.15, 0.2) is 22.7 Å². The predicted octanol–water partition coefficient (Wildman–Crippen LogP) is 2.77. The number of benzene rings is 1. The van der Waals surface area contributed by atoms with Crippen molar-refractivity contribution >= 4 is 27.3 Å². The number of halogens is 1. The zero-order chi connectivity index (χ0) is 12.3. The monoisotopic (exact) mass is 298 g/mol. The maximum absolute atomic E-state index is 8.99. The second-order valence-corrected chi connectivity index (χ2v) is 5.47. The highest BCUT2D eigenvalue weighted by atomic mass is 79.9. The van der Waals surface area contributed by atoms with Crippen molar-refractivity contribution in [2.75, 3.05) is 23.8 Å². The molecule has 1 aromatic rings. The second-order valence-electron chi connectivity index (χ2n) is 4.56. The molecule has 1 aliphatic rings. The third-order valence-electron chi connectivity index (χ3n) is 3.37. The summed E-state index contributed by atoms with van der Waals surface area (Å²) in [6.07, 6.45) is 4.56. The smallest absolute Gasteiger partial charge is 0.0613 e. The van der Waals surface area contributed by atoms with Gasteiger partial charge in [0.15, 0.2) is 0 Å². The van der Waals surface area contributed by atoms with Crippen molar-refractivity contribution in [1.29, 1.82) is 0 Å². The predicted molar refractivity (Wildman–Crippen MR) is 75.2 cm³/mol. The maximum Gasteiger partial charge on any atom is 0.0613 e. The minimum Gasteiger partial charge on any atom is -0.397 e. The normalized spacial score (nSPS) is 15.6. The minimum atomic E-state index is 0.233. The van der Waals surface area contributed by atoms with E-state index in [2.05, 4.69) is 26.9 Å². The van der Waals surface area contributed by atoms with E-state index in [9.17, 15) is 0 Å². The first-order valence-corrected chi connectivity index (χ1v) is 6.94. The van der Waals surface area contributed by atoms with Crippen LogP contribution in [0.5, 0.6) is 0 Å². The topological polar surface area (TPSA) is 49.5 Å². The van der Waals surface area contributed by atoms with Gasteiger partial charge in [-0.1, -0.05) is 15.9 Å². The largest absolute Gasteiger partial charge is 0.397 e. The van der Waals surface area contributed by atoms with Gasteiger partial charge in [-0.2, -0.15) is 0 Å². The number of aliphatic hydroxyl groups is 1. The van der Waals surface area contributed by atoms with E-state index in [1.54, 1.807) is 0 Å². The number of nitrogen functional groups attached to an aromatic ring is 1. The first kappa shape index (κ1) is 12.7. The molecule has 0 aromatic heterocycles. The zero-order valence-electron chi connectivity index (χ0n) is 9.90. The average molecular weight is 299 g/mol. The van der Waals surface area contributed by atoms with Crippen molar-refractivity contribution in [2.24, 2.45) is 0 Å². The quantitative estimate of drug-likeness (QED) is 0.822. The number of aliphatic hydroxyl groups excluding tert-OH is 1. The highest BCUT2D eigenvalue weighted by molar-refractivity contribution is 9.10. The lowest BCUT2D eigenvalue weighted by Crippen LogP contribution is -2.41. The summed E-state index contributed by atoms with van der Waals surface area (Å²) in [7, 11) is 0. The molecule has 1 saturated carbocycles. The van der Waals surface area contributed by atoms with Gasteiger partial charge in [0.25, 0.3) is 0 Å². The number of nitrogens with zero attached hydrogens (tertiary/aromatic N) is 1. The maximum atomic E-state index is 8.99. The first-order chi connectivity index (χ1) is 8.22. The van der Waals surface area contributed by atoms with Gasteiger partial charge in [-0.05, 0) is 43.9 Å². The SMILES string of the molecule is Nc1ccc(Br)cc1N(CCCO)C1CCC1. The molecular formula is C13H19BrN2O. The number of hydrogen-bond acceptors (Lipinski definition) is 3. The van der Waals surface area contributed by atoms with Crippen molar-refractivity contribution in [3.05, 3.63) is 22.7 Å². The molecule has 3 nitrogen and oxygen atoms in total. The number of rotatable bonds is 5. The highest BCUT2D eigenvalue weighted by Gasteiger charge is 2.26. The Labute approximate surface area is 111 Å². The molecule has 0 spiro atoms. The number of nitrogens with two attached hydrogens (primary N) is 1. The van der Waals surface area contributed by atoms with Crippen LogP contribution in [-0.4, -0.2) is 24.3 Å². The van der Waals surface area contributed by atoms with Gasteiger partial charge in [0.05, 0.1) is 11.4 Å². The summed E-state index contributed by atoms with van der Waals surface area (Å²) in [6, 6.07) is 6.57. The Bertz CT molecular complexity index is 380. The number of anilines is 2. The fraction of sp³-hybridized carbons (Fsp3) is 0.538. The van der Waals surface area contributed by atoms with Crippen LogP contribution < -0.4 is 10.6 Å². The second kappa shape index (κ2) is 5.74. The van der Waals surface area contributed by atoms with Crippen LogP contribution in [0, 0.1) is 0 Å². The van der Waals surface area contributed by atoms with Gasteiger partial charge in [0.2, 0.25) is 0 Å². The van der Waals surface area contributed by atoms with Gasteiger partial charge in [-0.15, -0.1) is 0 Å². The minimum absolute atomic E-state index is 0.233. The summed E-state index contributed by atoms with van der Waals surface area (Å²) < 4.78 is 1.05. The van der Waals surface area contributed by atoms with E-state index in [0.717, 1.165) is 28.8 Å². The van der Waals surface area contributed by atoms with Crippen LogP contribution in [0.2, 0.25) is 0 Å². The van der Waals surface area contributed by atoms with Gasteiger partial charge >= 0.3 is 0 Å². The Morgan fingerprint density at radius 2 is 2.18 bits per heavy atom. The molecule has 3 N–H and O–H groups in total. The number of hydrogen-bond donors (Lipinski definition) is 2. The Hall–Kier alpha value is -0.740. The van der Waals surface area contributed by atoms with Crippen molar-refractivity contribution in [1.82, 2.24) is 0 Å².